The van der Waals surface area contributed by atoms with Crippen molar-refractivity contribution in [2.75, 3.05) is 23.8 Å². The minimum atomic E-state index is -0.303. The van der Waals surface area contributed by atoms with Gasteiger partial charge in [0.05, 0.1) is 29.0 Å². The second-order valence-electron chi connectivity index (χ2n) is 8.89. The van der Waals surface area contributed by atoms with Crippen LogP contribution in [0.1, 0.15) is 25.6 Å². The van der Waals surface area contributed by atoms with Crippen LogP contribution in [-0.2, 0) is 0 Å². The largest absolute Gasteiger partial charge is 0.421 e. The third kappa shape index (κ3) is 2.95. The smallest absolute Gasteiger partial charge is 0.326 e. The number of aryl methyl sites for hydroxylation is 1. The monoisotopic (exact) mass is 433 g/mol. The summed E-state index contributed by atoms with van der Waals surface area (Å²) in [5.74, 6) is 2.98. The standard InChI is InChI=1S/C23H24FN7O/c1-11-4-15-5-13(11)10-31(15)22-19-17-6-14(24)7-18(25-3)20(17)28-21(19)29-23(30-22)32-16-8-26-12(2)27-9-16/h6-9,11,13,15,25H,4-5,10H2,1-3H3,(H,28,29,30)/t11-,13-,15+/m1/s1. The lowest BCUT2D eigenvalue weighted by Crippen LogP contribution is -2.35. The number of rotatable bonds is 4. The Kier molecular flexibility index (Phi) is 4.21. The molecule has 1 aromatic carbocycles. The number of fused-ring (bicyclic) bond motifs is 5. The predicted molar refractivity (Wildman–Crippen MR) is 121 cm³/mol. The summed E-state index contributed by atoms with van der Waals surface area (Å²) in [6, 6.07) is 3.66. The van der Waals surface area contributed by atoms with E-state index >= 15 is 0 Å². The lowest BCUT2D eigenvalue weighted by Gasteiger charge is -2.31. The molecular weight excluding hydrogens is 409 g/mol. The molecule has 0 unspecified atom stereocenters. The first-order valence-electron chi connectivity index (χ1n) is 10.9. The molecule has 2 N–H and O–H groups in total. The molecular formula is C23H24FN7O. The molecule has 1 saturated carbocycles. The Hall–Kier alpha value is -3.49. The maximum absolute atomic E-state index is 14.5. The van der Waals surface area contributed by atoms with Crippen LogP contribution in [0.3, 0.4) is 0 Å². The van der Waals surface area contributed by atoms with Gasteiger partial charge in [-0.2, -0.15) is 9.97 Å². The number of hydrogen-bond donors (Lipinski definition) is 2. The molecule has 3 aromatic heterocycles. The fraction of sp³-hybridized carbons (Fsp3) is 0.391. The minimum Gasteiger partial charge on any atom is -0.421 e. The van der Waals surface area contributed by atoms with Gasteiger partial charge in [0, 0.05) is 25.0 Å². The molecule has 1 saturated heterocycles. The van der Waals surface area contributed by atoms with Crippen LogP contribution in [-0.4, -0.2) is 44.6 Å². The van der Waals surface area contributed by atoms with Gasteiger partial charge in [0.15, 0.2) is 5.75 Å². The first kappa shape index (κ1) is 19.2. The number of anilines is 2. The predicted octanol–water partition coefficient (Wildman–Crippen LogP) is 4.42. The number of ether oxygens (including phenoxy) is 1. The molecule has 8 nitrogen and oxygen atoms in total. The summed E-state index contributed by atoms with van der Waals surface area (Å²) in [4.78, 5) is 23.5. The molecule has 0 spiro atoms. The molecule has 3 atom stereocenters. The van der Waals surface area contributed by atoms with E-state index in [1.807, 2.05) is 6.92 Å². The molecule has 9 heteroatoms. The summed E-state index contributed by atoms with van der Waals surface area (Å²) < 4.78 is 20.4. The van der Waals surface area contributed by atoms with E-state index < -0.39 is 0 Å². The topological polar surface area (TPSA) is 91.8 Å². The van der Waals surface area contributed by atoms with E-state index in [9.17, 15) is 4.39 Å². The van der Waals surface area contributed by atoms with Crippen LogP contribution < -0.4 is 15.0 Å². The third-order valence-corrected chi connectivity index (χ3v) is 6.89. The normalized spacial score (nSPS) is 22.2. The molecule has 1 aliphatic heterocycles. The summed E-state index contributed by atoms with van der Waals surface area (Å²) in [6.45, 7) is 5.08. The van der Waals surface area contributed by atoms with Crippen LogP contribution >= 0.6 is 0 Å². The quantitative estimate of drug-likeness (QED) is 0.492. The minimum absolute atomic E-state index is 0.216. The Balaban J connectivity index is 1.55. The molecule has 0 radical (unpaired) electrons. The number of hydrogen-bond acceptors (Lipinski definition) is 7. The summed E-state index contributed by atoms with van der Waals surface area (Å²) >= 11 is 0. The first-order chi connectivity index (χ1) is 15.5. The Morgan fingerprint density at radius 1 is 1.19 bits per heavy atom. The van der Waals surface area contributed by atoms with Gasteiger partial charge in [-0.1, -0.05) is 6.92 Å². The van der Waals surface area contributed by atoms with Crippen molar-refractivity contribution >= 4 is 33.4 Å². The highest BCUT2D eigenvalue weighted by Crippen LogP contribution is 2.46. The van der Waals surface area contributed by atoms with Gasteiger partial charge in [-0.25, -0.2) is 14.4 Å². The van der Waals surface area contributed by atoms with Gasteiger partial charge < -0.3 is 19.9 Å². The molecule has 32 heavy (non-hydrogen) atoms. The van der Waals surface area contributed by atoms with Crippen molar-refractivity contribution in [2.45, 2.75) is 32.7 Å². The van der Waals surface area contributed by atoms with Gasteiger partial charge in [-0.05, 0) is 43.7 Å². The number of nitrogens with zero attached hydrogens (tertiary/aromatic N) is 5. The fourth-order valence-corrected chi connectivity index (χ4v) is 5.28. The maximum atomic E-state index is 14.5. The highest BCUT2D eigenvalue weighted by Gasteiger charge is 2.44. The Morgan fingerprint density at radius 2 is 2.00 bits per heavy atom. The summed E-state index contributed by atoms with van der Waals surface area (Å²) in [5.41, 5.74) is 2.09. The van der Waals surface area contributed by atoms with Gasteiger partial charge in [0.2, 0.25) is 0 Å². The Bertz CT molecular complexity index is 1330. The number of halogens is 1. The lowest BCUT2D eigenvalue weighted by molar-refractivity contribution is 0.402. The third-order valence-electron chi connectivity index (χ3n) is 6.89. The van der Waals surface area contributed by atoms with Gasteiger partial charge in [-0.3, -0.25) is 0 Å². The molecule has 1 aliphatic carbocycles. The summed E-state index contributed by atoms with van der Waals surface area (Å²) in [6.07, 6.45) is 5.51. The highest BCUT2D eigenvalue weighted by atomic mass is 19.1. The van der Waals surface area contributed by atoms with Crippen LogP contribution in [0.4, 0.5) is 15.9 Å². The summed E-state index contributed by atoms with van der Waals surface area (Å²) in [5, 5.41) is 4.66. The number of nitrogens with one attached hydrogen (secondary N) is 2. The van der Waals surface area contributed by atoms with Crippen LogP contribution in [0, 0.1) is 24.6 Å². The molecule has 0 amide bonds. The van der Waals surface area contributed by atoms with E-state index in [0.717, 1.165) is 41.5 Å². The molecule has 164 valence electrons. The molecule has 6 rings (SSSR count). The van der Waals surface area contributed by atoms with E-state index in [0.29, 0.717) is 40.8 Å². The second-order valence-corrected chi connectivity index (χ2v) is 8.89. The van der Waals surface area contributed by atoms with Gasteiger partial charge in [-0.15, -0.1) is 0 Å². The number of benzene rings is 1. The summed E-state index contributed by atoms with van der Waals surface area (Å²) in [7, 11) is 1.78. The van der Waals surface area contributed by atoms with Crippen molar-refractivity contribution in [3.8, 4) is 11.8 Å². The van der Waals surface area contributed by atoms with Crippen LogP contribution in [0.15, 0.2) is 24.5 Å². The lowest BCUT2D eigenvalue weighted by atomic mass is 9.97. The maximum Gasteiger partial charge on any atom is 0.326 e. The number of piperidine rings is 1. The Labute approximate surface area is 184 Å². The number of H-pyrrole nitrogens is 1. The SMILES string of the molecule is CNc1cc(F)cc2c1[nH]c1nc(Oc3cnc(C)nc3)nc(N3C[C@H]4C[C@@H]3C[C@H]4C)c12. The van der Waals surface area contributed by atoms with Crippen molar-refractivity contribution in [2.24, 2.45) is 11.8 Å². The fourth-order valence-electron chi connectivity index (χ4n) is 5.28. The Morgan fingerprint density at radius 3 is 2.69 bits per heavy atom. The average molecular weight is 433 g/mol. The molecule has 4 heterocycles. The van der Waals surface area contributed by atoms with Crippen LogP contribution in [0.2, 0.25) is 0 Å². The molecule has 2 aliphatic rings. The van der Waals surface area contributed by atoms with E-state index in [1.165, 1.54) is 6.07 Å². The van der Waals surface area contributed by atoms with Crippen molar-refractivity contribution in [1.82, 2.24) is 24.9 Å². The average Bonchev–Trinajstić information content (AvgIpc) is 3.46. The van der Waals surface area contributed by atoms with Gasteiger partial charge in [0.1, 0.15) is 23.1 Å². The van der Waals surface area contributed by atoms with Crippen molar-refractivity contribution in [3.05, 3.63) is 36.2 Å². The molecule has 2 bridgehead atoms. The van der Waals surface area contributed by atoms with Gasteiger partial charge in [0.25, 0.3) is 0 Å². The zero-order valence-electron chi connectivity index (χ0n) is 18.2. The first-order valence-corrected chi connectivity index (χ1v) is 10.9. The van der Waals surface area contributed by atoms with Crippen molar-refractivity contribution in [1.29, 1.82) is 0 Å². The second kappa shape index (κ2) is 7.01. The molecule has 4 aromatic rings. The van der Waals surface area contributed by atoms with Crippen LogP contribution in [0.5, 0.6) is 11.8 Å². The highest BCUT2D eigenvalue weighted by molar-refractivity contribution is 6.14. The van der Waals surface area contributed by atoms with Gasteiger partial charge >= 0.3 is 6.01 Å². The van der Waals surface area contributed by atoms with Crippen molar-refractivity contribution < 1.29 is 9.13 Å². The molecule has 2 fully saturated rings. The number of aromatic amines is 1. The van der Waals surface area contributed by atoms with Crippen molar-refractivity contribution in [3.63, 3.8) is 0 Å². The van der Waals surface area contributed by atoms with E-state index in [1.54, 1.807) is 25.5 Å². The zero-order chi connectivity index (χ0) is 22.0. The number of aromatic nitrogens is 5. The van der Waals surface area contributed by atoms with E-state index in [2.05, 4.69) is 37.1 Å². The zero-order valence-corrected chi connectivity index (χ0v) is 18.2. The van der Waals surface area contributed by atoms with E-state index in [-0.39, 0.29) is 11.8 Å². The van der Waals surface area contributed by atoms with E-state index in [4.69, 9.17) is 9.72 Å². The van der Waals surface area contributed by atoms with Crippen LogP contribution in [0.25, 0.3) is 21.9 Å².